The fourth-order valence-corrected chi connectivity index (χ4v) is 4.22. The average molecular weight is 332 g/mol. The van der Waals surface area contributed by atoms with E-state index in [1.807, 2.05) is 13.1 Å². The normalized spacial score (nSPS) is 13.5. The molecule has 2 N–H and O–H groups in total. The van der Waals surface area contributed by atoms with E-state index in [1.165, 1.54) is 23.1 Å². The lowest BCUT2D eigenvalue weighted by atomic mass is 9.95. The summed E-state index contributed by atoms with van der Waals surface area (Å²) >= 11 is 1.53. The molecule has 2 heterocycles. The minimum absolute atomic E-state index is 0.130. The number of carbonyl (C=O) groups excluding carboxylic acids is 2. The van der Waals surface area contributed by atoms with Crippen molar-refractivity contribution in [1.29, 1.82) is 0 Å². The number of fused-ring (bicyclic) bond motifs is 1. The van der Waals surface area contributed by atoms with Crippen LogP contribution < -0.4 is 10.6 Å². The Morgan fingerprint density at radius 3 is 2.83 bits per heavy atom. The first-order chi connectivity index (χ1) is 11.1. The van der Waals surface area contributed by atoms with E-state index in [4.69, 9.17) is 0 Å². The van der Waals surface area contributed by atoms with Crippen molar-refractivity contribution < 1.29 is 9.59 Å². The third-order valence-corrected chi connectivity index (χ3v) is 5.25. The Hall–Kier alpha value is -2.15. The molecular weight excluding hydrogens is 312 g/mol. The smallest absolute Gasteiger partial charge is 0.254 e. The zero-order valence-electron chi connectivity index (χ0n) is 13.3. The van der Waals surface area contributed by atoms with Crippen LogP contribution in [-0.2, 0) is 31.2 Å². The molecule has 0 aliphatic heterocycles. The van der Waals surface area contributed by atoms with Crippen LogP contribution in [0.3, 0.4) is 0 Å². The first-order valence-electron chi connectivity index (χ1n) is 7.73. The third kappa shape index (κ3) is 3.29. The van der Waals surface area contributed by atoms with Crippen molar-refractivity contribution in [3.63, 3.8) is 0 Å². The summed E-state index contributed by atoms with van der Waals surface area (Å²) in [5.41, 5.74) is 2.68. The molecule has 2 aromatic heterocycles. The molecule has 23 heavy (non-hydrogen) atoms. The first kappa shape index (κ1) is 15.7. The molecule has 0 atom stereocenters. The van der Waals surface area contributed by atoms with Gasteiger partial charge in [0.05, 0.1) is 17.8 Å². The molecule has 0 spiro atoms. The fraction of sp³-hybridized carbons (Fsp3) is 0.438. The van der Waals surface area contributed by atoms with E-state index in [1.54, 1.807) is 10.9 Å². The lowest BCUT2D eigenvalue weighted by Gasteiger charge is -2.13. The van der Waals surface area contributed by atoms with Gasteiger partial charge in [-0.15, -0.1) is 11.3 Å². The van der Waals surface area contributed by atoms with Crippen LogP contribution in [0, 0.1) is 0 Å². The van der Waals surface area contributed by atoms with Crippen molar-refractivity contribution in [2.24, 2.45) is 7.05 Å². The van der Waals surface area contributed by atoms with Gasteiger partial charge >= 0.3 is 0 Å². The second-order valence-corrected chi connectivity index (χ2v) is 6.83. The summed E-state index contributed by atoms with van der Waals surface area (Å²) in [6.45, 7) is 1.88. The number of hydrogen-bond donors (Lipinski definition) is 2. The average Bonchev–Trinajstić information content (AvgIpc) is 3.07. The van der Waals surface area contributed by atoms with Gasteiger partial charge in [0.15, 0.2) is 0 Å². The van der Waals surface area contributed by atoms with Gasteiger partial charge in [-0.2, -0.15) is 5.10 Å². The van der Waals surface area contributed by atoms with E-state index in [9.17, 15) is 9.59 Å². The maximum absolute atomic E-state index is 12.7. The number of aromatic nitrogens is 2. The van der Waals surface area contributed by atoms with Crippen LogP contribution in [0.15, 0.2) is 12.3 Å². The number of anilines is 1. The number of carbonyl (C=O) groups is 2. The highest BCUT2D eigenvalue weighted by Gasteiger charge is 2.25. The molecule has 0 unspecified atom stereocenters. The quantitative estimate of drug-likeness (QED) is 0.901. The van der Waals surface area contributed by atoms with Crippen LogP contribution >= 0.6 is 11.3 Å². The maximum atomic E-state index is 12.7. The van der Waals surface area contributed by atoms with Crippen molar-refractivity contribution >= 4 is 28.2 Å². The molecule has 2 amide bonds. The van der Waals surface area contributed by atoms with Crippen LogP contribution in [0.1, 0.15) is 46.3 Å². The van der Waals surface area contributed by atoms with Crippen LogP contribution in [0.25, 0.3) is 0 Å². The molecule has 122 valence electrons. The molecule has 6 nitrogen and oxygen atoms in total. The Kier molecular flexibility index (Phi) is 4.47. The molecule has 0 radical (unpaired) electrons. The van der Waals surface area contributed by atoms with Gasteiger partial charge in [-0.3, -0.25) is 14.3 Å². The molecule has 1 aliphatic carbocycles. The Bertz CT molecular complexity index is 747. The van der Waals surface area contributed by atoms with Crippen LogP contribution in [0.2, 0.25) is 0 Å². The maximum Gasteiger partial charge on any atom is 0.254 e. The van der Waals surface area contributed by atoms with Gasteiger partial charge in [0, 0.05) is 25.0 Å². The van der Waals surface area contributed by atoms with Crippen LogP contribution in [0.5, 0.6) is 0 Å². The Labute approximate surface area is 138 Å². The standard InChI is InChI=1S/C16H20N4O2S/c1-10(21)19-16-14(12-5-3-4-6-13(12)23-16)15(22)17-9-11-7-8-18-20(11)2/h7-8H,3-6,9H2,1-2H3,(H,17,22)(H,19,21). The number of nitrogens with one attached hydrogen (secondary N) is 2. The summed E-state index contributed by atoms with van der Waals surface area (Å²) < 4.78 is 1.73. The van der Waals surface area contributed by atoms with E-state index < -0.39 is 0 Å². The Morgan fingerprint density at radius 1 is 1.35 bits per heavy atom. The minimum Gasteiger partial charge on any atom is -0.346 e. The Balaban J connectivity index is 1.84. The molecule has 0 fully saturated rings. The predicted octanol–water partition coefficient (Wildman–Crippen LogP) is 2.25. The van der Waals surface area contributed by atoms with E-state index in [0.29, 0.717) is 17.1 Å². The molecule has 1 aliphatic rings. The van der Waals surface area contributed by atoms with Crippen molar-refractivity contribution in [3.05, 3.63) is 34.0 Å². The second kappa shape index (κ2) is 6.54. The molecule has 2 aromatic rings. The van der Waals surface area contributed by atoms with Gasteiger partial charge in [0.25, 0.3) is 5.91 Å². The second-order valence-electron chi connectivity index (χ2n) is 5.73. The van der Waals surface area contributed by atoms with Gasteiger partial charge in [0.2, 0.25) is 5.91 Å². The summed E-state index contributed by atoms with van der Waals surface area (Å²) in [6.07, 6.45) is 5.83. The number of amides is 2. The van der Waals surface area contributed by atoms with Crippen molar-refractivity contribution in [1.82, 2.24) is 15.1 Å². The first-order valence-corrected chi connectivity index (χ1v) is 8.55. The third-order valence-electron chi connectivity index (χ3n) is 4.04. The van der Waals surface area contributed by atoms with Gasteiger partial charge in [-0.1, -0.05) is 0 Å². The van der Waals surface area contributed by atoms with Crippen LogP contribution in [0.4, 0.5) is 5.00 Å². The van der Waals surface area contributed by atoms with Gasteiger partial charge < -0.3 is 10.6 Å². The molecular formula is C16H20N4O2S. The predicted molar refractivity (Wildman–Crippen MR) is 89.6 cm³/mol. The highest BCUT2D eigenvalue weighted by molar-refractivity contribution is 7.17. The Morgan fingerprint density at radius 2 is 2.13 bits per heavy atom. The number of nitrogens with zero attached hydrogens (tertiary/aromatic N) is 2. The monoisotopic (exact) mass is 332 g/mol. The zero-order chi connectivity index (χ0) is 16.4. The van der Waals surface area contributed by atoms with Gasteiger partial charge in [-0.25, -0.2) is 0 Å². The van der Waals surface area contributed by atoms with Crippen LogP contribution in [-0.4, -0.2) is 21.6 Å². The van der Waals surface area contributed by atoms with Gasteiger partial charge in [-0.05, 0) is 37.3 Å². The molecule has 0 bridgehead atoms. The largest absolute Gasteiger partial charge is 0.346 e. The number of rotatable bonds is 4. The molecule has 7 heteroatoms. The summed E-state index contributed by atoms with van der Waals surface area (Å²) in [4.78, 5) is 25.4. The van der Waals surface area contributed by atoms with Crippen molar-refractivity contribution in [2.45, 2.75) is 39.2 Å². The zero-order valence-corrected chi connectivity index (χ0v) is 14.1. The fourth-order valence-electron chi connectivity index (χ4n) is 2.89. The van der Waals surface area contributed by atoms with Crippen molar-refractivity contribution in [3.8, 4) is 0 Å². The highest BCUT2D eigenvalue weighted by Crippen LogP contribution is 2.38. The minimum atomic E-state index is -0.149. The van der Waals surface area contributed by atoms with Gasteiger partial charge in [0.1, 0.15) is 5.00 Å². The number of thiophene rings is 1. The van der Waals surface area contributed by atoms with Crippen molar-refractivity contribution in [2.75, 3.05) is 5.32 Å². The molecule has 0 saturated carbocycles. The number of hydrogen-bond acceptors (Lipinski definition) is 4. The number of aryl methyl sites for hydroxylation is 2. The summed E-state index contributed by atoms with van der Waals surface area (Å²) in [6, 6.07) is 1.87. The molecule has 3 rings (SSSR count). The summed E-state index contributed by atoms with van der Waals surface area (Å²) in [5, 5.41) is 10.5. The summed E-state index contributed by atoms with van der Waals surface area (Å²) in [5.74, 6) is -0.279. The van der Waals surface area contributed by atoms with E-state index in [-0.39, 0.29) is 11.8 Å². The van der Waals surface area contributed by atoms with E-state index in [0.717, 1.165) is 36.9 Å². The SMILES string of the molecule is CC(=O)Nc1sc2c(c1C(=O)NCc1ccnn1C)CCCC2. The van der Waals surface area contributed by atoms with E-state index in [2.05, 4.69) is 15.7 Å². The molecule has 0 saturated heterocycles. The topological polar surface area (TPSA) is 76.0 Å². The molecule has 0 aromatic carbocycles. The lowest BCUT2D eigenvalue weighted by molar-refractivity contribution is -0.114. The summed E-state index contributed by atoms with van der Waals surface area (Å²) in [7, 11) is 1.84. The lowest BCUT2D eigenvalue weighted by Crippen LogP contribution is -2.26. The van der Waals surface area contributed by atoms with E-state index >= 15 is 0 Å². The highest BCUT2D eigenvalue weighted by atomic mass is 32.1.